The van der Waals surface area contributed by atoms with Crippen LogP contribution in [0.5, 0.6) is 0 Å². The van der Waals surface area contributed by atoms with Gasteiger partial charge in [0.2, 0.25) is 0 Å². The van der Waals surface area contributed by atoms with Gasteiger partial charge in [-0.15, -0.1) is 0 Å². The van der Waals surface area contributed by atoms with Gasteiger partial charge in [0.25, 0.3) is 0 Å². The lowest BCUT2D eigenvalue weighted by molar-refractivity contribution is -0.140. The van der Waals surface area contributed by atoms with Gasteiger partial charge in [-0.05, 0) is 25.2 Å². The molecule has 3 atom stereocenters. The number of carbonyl (C=O) groups is 2. The SMILES string of the molecule is CCC(C)[C@H](NC(=O)NC1CCN(C2CC2)C1)C(=O)O. The molecule has 6 heteroatoms. The third-order valence-corrected chi connectivity index (χ3v) is 4.38. The van der Waals surface area contributed by atoms with Crippen molar-refractivity contribution < 1.29 is 14.7 Å². The van der Waals surface area contributed by atoms with Crippen LogP contribution < -0.4 is 10.6 Å². The third-order valence-electron chi connectivity index (χ3n) is 4.38. The molecular formula is C14H25N3O3. The minimum Gasteiger partial charge on any atom is -0.480 e. The summed E-state index contributed by atoms with van der Waals surface area (Å²) in [6.45, 7) is 5.68. The summed E-state index contributed by atoms with van der Waals surface area (Å²) in [6.07, 6.45) is 4.21. The van der Waals surface area contributed by atoms with E-state index in [1.165, 1.54) is 12.8 Å². The van der Waals surface area contributed by atoms with Gasteiger partial charge in [0.05, 0.1) is 0 Å². The molecular weight excluding hydrogens is 258 g/mol. The molecule has 0 spiro atoms. The zero-order valence-electron chi connectivity index (χ0n) is 12.3. The normalized spacial score (nSPS) is 26.0. The number of aliphatic carboxylic acids is 1. The molecule has 20 heavy (non-hydrogen) atoms. The largest absolute Gasteiger partial charge is 0.480 e. The quantitative estimate of drug-likeness (QED) is 0.680. The lowest BCUT2D eigenvalue weighted by Crippen LogP contribution is -2.51. The predicted molar refractivity (Wildman–Crippen MR) is 75.5 cm³/mol. The third kappa shape index (κ3) is 3.85. The van der Waals surface area contributed by atoms with E-state index in [-0.39, 0.29) is 18.0 Å². The van der Waals surface area contributed by atoms with Crippen molar-refractivity contribution in [1.29, 1.82) is 0 Å². The van der Waals surface area contributed by atoms with Crippen molar-refractivity contribution in [1.82, 2.24) is 15.5 Å². The first-order valence-electron chi connectivity index (χ1n) is 7.55. The van der Waals surface area contributed by atoms with Gasteiger partial charge in [0.1, 0.15) is 6.04 Å². The topological polar surface area (TPSA) is 81.7 Å². The number of carboxylic acids is 1. The summed E-state index contributed by atoms with van der Waals surface area (Å²) >= 11 is 0. The van der Waals surface area contributed by atoms with Gasteiger partial charge in [-0.3, -0.25) is 4.90 Å². The molecule has 1 heterocycles. The fourth-order valence-corrected chi connectivity index (χ4v) is 2.73. The molecule has 2 aliphatic rings. The minimum absolute atomic E-state index is 0.0789. The van der Waals surface area contributed by atoms with Crippen LogP contribution in [0.4, 0.5) is 4.79 Å². The van der Waals surface area contributed by atoms with E-state index < -0.39 is 12.0 Å². The lowest BCUT2D eigenvalue weighted by atomic mass is 9.99. The van der Waals surface area contributed by atoms with E-state index in [1.54, 1.807) is 0 Å². The van der Waals surface area contributed by atoms with Crippen molar-refractivity contribution in [2.45, 2.75) is 57.7 Å². The Kier molecular flexibility index (Phi) is 4.86. The van der Waals surface area contributed by atoms with Gasteiger partial charge in [0, 0.05) is 25.2 Å². The molecule has 6 nitrogen and oxygen atoms in total. The van der Waals surface area contributed by atoms with Crippen LogP contribution in [0.2, 0.25) is 0 Å². The highest BCUT2D eigenvalue weighted by Crippen LogP contribution is 2.29. The highest BCUT2D eigenvalue weighted by molar-refractivity contribution is 5.82. The number of urea groups is 1. The molecule has 0 bridgehead atoms. The molecule has 2 rings (SSSR count). The molecule has 2 fully saturated rings. The van der Waals surface area contributed by atoms with E-state index in [0.29, 0.717) is 0 Å². The highest BCUT2D eigenvalue weighted by Gasteiger charge is 2.35. The number of carbonyl (C=O) groups excluding carboxylic acids is 1. The Labute approximate surface area is 119 Å². The first kappa shape index (κ1) is 15.1. The van der Waals surface area contributed by atoms with Crippen molar-refractivity contribution in [3.05, 3.63) is 0 Å². The van der Waals surface area contributed by atoms with E-state index in [9.17, 15) is 9.59 Å². The molecule has 3 N–H and O–H groups in total. The monoisotopic (exact) mass is 283 g/mol. The fourth-order valence-electron chi connectivity index (χ4n) is 2.73. The van der Waals surface area contributed by atoms with E-state index in [0.717, 1.165) is 32.0 Å². The Bertz CT molecular complexity index is 371. The van der Waals surface area contributed by atoms with Crippen LogP contribution in [0, 0.1) is 5.92 Å². The van der Waals surface area contributed by atoms with Crippen LogP contribution in [0.1, 0.15) is 39.5 Å². The molecule has 0 aromatic heterocycles. The maximum atomic E-state index is 11.9. The van der Waals surface area contributed by atoms with Gasteiger partial charge in [-0.2, -0.15) is 0 Å². The van der Waals surface area contributed by atoms with Gasteiger partial charge in [-0.25, -0.2) is 9.59 Å². The highest BCUT2D eigenvalue weighted by atomic mass is 16.4. The molecule has 2 amide bonds. The summed E-state index contributed by atoms with van der Waals surface area (Å²) in [5.74, 6) is -1.05. The average Bonchev–Trinajstić information content (AvgIpc) is 3.16. The molecule has 0 aromatic carbocycles. The van der Waals surface area contributed by atoms with Crippen LogP contribution >= 0.6 is 0 Å². The zero-order chi connectivity index (χ0) is 14.7. The van der Waals surface area contributed by atoms with E-state index in [2.05, 4.69) is 15.5 Å². The lowest BCUT2D eigenvalue weighted by Gasteiger charge is -2.22. The Morgan fingerprint density at radius 2 is 2.05 bits per heavy atom. The van der Waals surface area contributed by atoms with Gasteiger partial charge in [-0.1, -0.05) is 20.3 Å². The van der Waals surface area contributed by atoms with Crippen molar-refractivity contribution in [3.8, 4) is 0 Å². The molecule has 1 saturated heterocycles. The number of hydrogen-bond acceptors (Lipinski definition) is 3. The van der Waals surface area contributed by atoms with Crippen LogP contribution in [-0.2, 0) is 4.79 Å². The van der Waals surface area contributed by atoms with Gasteiger partial charge in [0.15, 0.2) is 0 Å². The second kappa shape index (κ2) is 6.43. The van der Waals surface area contributed by atoms with Gasteiger partial charge < -0.3 is 15.7 Å². The maximum Gasteiger partial charge on any atom is 0.326 e. The van der Waals surface area contributed by atoms with Crippen molar-refractivity contribution in [3.63, 3.8) is 0 Å². The molecule has 0 aromatic rings. The number of likely N-dealkylation sites (tertiary alicyclic amines) is 1. The molecule has 114 valence electrons. The number of nitrogens with one attached hydrogen (secondary N) is 2. The standard InChI is InChI=1S/C14H25N3O3/c1-3-9(2)12(13(18)19)16-14(20)15-10-6-7-17(8-10)11-4-5-11/h9-12H,3-8H2,1-2H3,(H,18,19)(H2,15,16,20)/t9?,10?,12-/m0/s1. The first-order valence-corrected chi connectivity index (χ1v) is 7.55. The summed E-state index contributed by atoms with van der Waals surface area (Å²) in [5.41, 5.74) is 0. The van der Waals surface area contributed by atoms with Crippen LogP contribution in [0.15, 0.2) is 0 Å². The molecule has 1 aliphatic carbocycles. The number of carboxylic acid groups (broad SMARTS) is 1. The Balaban J connectivity index is 1.77. The Morgan fingerprint density at radius 1 is 1.35 bits per heavy atom. The fraction of sp³-hybridized carbons (Fsp3) is 0.857. The summed E-state index contributed by atoms with van der Waals surface area (Å²) in [6, 6.07) is -0.319. The Morgan fingerprint density at radius 3 is 2.60 bits per heavy atom. The average molecular weight is 283 g/mol. The number of rotatable bonds is 6. The van der Waals surface area contributed by atoms with E-state index in [1.807, 2.05) is 13.8 Å². The van der Waals surface area contributed by atoms with Crippen molar-refractivity contribution in [2.24, 2.45) is 5.92 Å². The number of amides is 2. The predicted octanol–water partition coefficient (Wildman–Crippen LogP) is 1.02. The molecule has 1 aliphatic heterocycles. The second-order valence-electron chi connectivity index (χ2n) is 6.03. The maximum absolute atomic E-state index is 11.9. The minimum atomic E-state index is -0.972. The Hall–Kier alpha value is -1.30. The molecule has 0 radical (unpaired) electrons. The summed E-state index contributed by atoms with van der Waals surface area (Å²) in [7, 11) is 0. The zero-order valence-corrected chi connectivity index (χ0v) is 12.3. The second-order valence-corrected chi connectivity index (χ2v) is 6.03. The number of nitrogens with zero attached hydrogens (tertiary/aromatic N) is 1. The van der Waals surface area contributed by atoms with Crippen molar-refractivity contribution in [2.75, 3.05) is 13.1 Å². The van der Waals surface area contributed by atoms with E-state index >= 15 is 0 Å². The van der Waals surface area contributed by atoms with Crippen LogP contribution in [0.3, 0.4) is 0 Å². The molecule has 2 unspecified atom stereocenters. The van der Waals surface area contributed by atoms with Crippen molar-refractivity contribution >= 4 is 12.0 Å². The first-order chi connectivity index (χ1) is 9.51. The van der Waals surface area contributed by atoms with E-state index in [4.69, 9.17) is 5.11 Å². The summed E-state index contributed by atoms with van der Waals surface area (Å²) in [5, 5.41) is 14.6. The van der Waals surface area contributed by atoms with Crippen LogP contribution in [-0.4, -0.2) is 53.2 Å². The van der Waals surface area contributed by atoms with Crippen LogP contribution in [0.25, 0.3) is 0 Å². The van der Waals surface area contributed by atoms with Gasteiger partial charge >= 0.3 is 12.0 Å². The smallest absolute Gasteiger partial charge is 0.326 e. The summed E-state index contributed by atoms with van der Waals surface area (Å²) in [4.78, 5) is 25.5. The number of hydrogen-bond donors (Lipinski definition) is 3. The summed E-state index contributed by atoms with van der Waals surface area (Å²) < 4.78 is 0. The molecule has 1 saturated carbocycles.